The summed E-state index contributed by atoms with van der Waals surface area (Å²) < 4.78 is 25.6. The van der Waals surface area contributed by atoms with Crippen molar-refractivity contribution in [2.45, 2.75) is 44.1 Å². The number of alkyl halides is 2. The number of nitrogens with two attached hydrogens (primary N) is 1. The van der Waals surface area contributed by atoms with Gasteiger partial charge < -0.3 is 5.73 Å². The van der Waals surface area contributed by atoms with Crippen LogP contribution in [0.2, 0.25) is 0 Å². The summed E-state index contributed by atoms with van der Waals surface area (Å²) in [5, 5.41) is 0. The summed E-state index contributed by atoms with van der Waals surface area (Å²) in [5.41, 5.74) is 9.00. The first-order valence-corrected chi connectivity index (χ1v) is 11.9. The molecule has 5 rings (SSSR count). The molecular formula is C25H30F2N6O. The quantitative estimate of drug-likeness (QED) is 0.729. The fourth-order valence-electron chi connectivity index (χ4n) is 5.93. The van der Waals surface area contributed by atoms with Crippen LogP contribution in [0.4, 0.5) is 8.78 Å². The standard InChI is InChI=1S/C25H30F2N6O/c1-32-23(34)25(31-24(32)28)20(10-16-6-8-33(9-7-16)14-22(26)27)5-4-17-2-3-18(11-21(17)25)19-12-29-15-30-13-19/h2-3,11-13,15-16,20,22H,4-10,14H2,1H3,(H2,28,31)/t20-,25+/m1/s1. The van der Waals surface area contributed by atoms with Gasteiger partial charge in [0.25, 0.3) is 12.3 Å². The number of aliphatic imine (C=N–C) groups is 1. The predicted molar refractivity (Wildman–Crippen MR) is 125 cm³/mol. The Labute approximate surface area is 198 Å². The molecule has 2 atom stereocenters. The first kappa shape index (κ1) is 22.8. The molecule has 3 aliphatic rings. The number of aryl methyl sites for hydroxylation is 1. The predicted octanol–water partition coefficient (Wildman–Crippen LogP) is 3.06. The molecule has 180 valence electrons. The molecule has 2 aromatic rings. The van der Waals surface area contributed by atoms with E-state index >= 15 is 0 Å². The molecule has 1 amide bonds. The number of fused-ring (bicyclic) bond motifs is 2. The van der Waals surface area contributed by atoms with E-state index in [2.05, 4.69) is 22.1 Å². The maximum absolute atomic E-state index is 13.7. The van der Waals surface area contributed by atoms with Gasteiger partial charge in [0.05, 0.1) is 6.54 Å². The largest absolute Gasteiger partial charge is 0.369 e. The van der Waals surface area contributed by atoms with E-state index in [0.29, 0.717) is 19.0 Å². The third kappa shape index (κ3) is 3.96. The van der Waals surface area contributed by atoms with Gasteiger partial charge in [-0.3, -0.25) is 14.6 Å². The molecule has 0 radical (unpaired) electrons. The Morgan fingerprint density at radius 2 is 1.88 bits per heavy atom. The van der Waals surface area contributed by atoms with Crippen LogP contribution in [0.5, 0.6) is 0 Å². The van der Waals surface area contributed by atoms with Gasteiger partial charge >= 0.3 is 0 Å². The van der Waals surface area contributed by atoms with Crippen molar-refractivity contribution < 1.29 is 13.6 Å². The van der Waals surface area contributed by atoms with Crippen LogP contribution in [0.1, 0.15) is 36.8 Å². The van der Waals surface area contributed by atoms with E-state index in [0.717, 1.165) is 54.4 Å². The summed E-state index contributed by atoms with van der Waals surface area (Å²) in [6.07, 6.45) is 6.96. The normalized spacial score (nSPS) is 25.8. The van der Waals surface area contributed by atoms with E-state index in [-0.39, 0.29) is 24.3 Å². The number of carbonyl (C=O) groups excluding carboxylic acids is 1. The summed E-state index contributed by atoms with van der Waals surface area (Å²) in [6, 6.07) is 6.18. The van der Waals surface area contributed by atoms with Gasteiger partial charge in [0.2, 0.25) is 0 Å². The second-order valence-corrected chi connectivity index (χ2v) is 9.71. The number of carbonyl (C=O) groups is 1. The molecule has 9 heteroatoms. The van der Waals surface area contributed by atoms with Gasteiger partial charge in [0, 0.05) is 25.0 Å². The number of hydrogen-bond donors (Lipinski definition) is 1. The lowest BCUT2D eigenvalue weighted by atomic mass is 9.65. The zero-order valence-corrected chi connectivity index (χ0v) is 19.3. The molecule has 1 aliphatic carbocycles. The van der Waals surface area contributed by atoms with Crippen LogP contribution in [0.25, 0.3) is 11.1 Å². The lowest BCUT2D eigenvalue weighted by Crippen LogP contribution is -2.48. The molecular weight excluding hydrogens is 438 g/mol. The van der Waals surface area contributed by atoms with Gasteiger partial charge in [-0.05, 0) is 79.8 Å². The SMILES string of the molecule is CN1C(=O)[C@@]2(N=C1N)c1cc(-c3cncnc3)ccc1CC[C@@H]2CC1CCN(CC(F)F)CC1. The number of likely N-dealkylation sites (tertiary alicyclic amines) is 1. The number of rotatable bonds is 5. The Bertz CT molecular complexity index is 1090. The van der Waals surface area contributed by atoms with Crippen molar-refractivity contribution in [3.8, 4) is 11.1 Å². The van der Waals surface area contributed by atoms with E-state index in [1.54, 1.807) is 19.4 Å². The second kappa shape index (κ2) is 9.02. The highest BCUT2D eigenvalue weighted by Crippen LogP contribution is 2.50. The molecule has 1 fully saturated rings. The van der Waals surface area contributed by atoms with E-state index in [4.69, 9.17) is 10.7 Å². The van der Waals surface area contributed by atoms with Gasteiger partial charge in [-0.25, -0.2) is 23.7 Å². The van der Waals surface area contributed by atoms with Crippen LogP contribution in [0.3, 0.4) is 0 Å². The van der Waals surface area contributed by atoms with Crippen molar-refractivity contribution in [1.29, 1.82) is 0 Å². The van der Waals surface area contributed by atoms with E-state index in [1.165, 1.54) is 11.2 Å². The zero-order valence-electron chi connectivity index (χ0n) is 19.3. The van der Waals surface area contributed by atoms with E-state index in [9.17, 15) is 13.6 Å². The van der Waals surface area contributed by atoms with Crippen LogP contribution in [-0.2, 0) is 16.8 Å². The fraction of sp³-hybridized carbons (Fsp3) is 0.520. The average molecular weight is 469 g/mol. The number of halogens is 2. The van der Waals surface area contributed by atoms with Crippen molar-refractivity contribution in [3.05, 3.63) is 48.0 Å². The fourth-order valence-corrected chi connectivity index (χ4v) is 5.93. The molecule has 1 aromatic carbocycles. The molecule has 3 heterocycles. The van der Waals surface area contributed by atoms with Gasteiger partial charge in [-0.2, -0.15) is 0 Å². The minimum absolute atomic E-state index is 0.00456. The third-order valence-electron chi connectivity index (χ3n) is 7.75. The smallest absolute Gasteiger partial charge is 0.261 e. The maximum atomic E-state index is 13.7. The first-order chi connectivity index (χ1) is 16.4. The van der Waals surface area contributed by atoms with Crippen LogP contribution < -0.4 is 5.73 Å². The molecule has 0 saturated carbocycles. The molecule has 2 aliphatic heterocycles. The Hall–Kier alpha value is -2.94. The van der Waals surface area contributed by atoms with Crippen LogP contribution in [-0.4, -0.2) is 64.7 Å². The Morgan fingerprint density at radius 1 is 1.15 bits per heavy atom. The van der Waals surface area contributed by atoms with E-state index < -0.39 is 12.0 Å². The van der Waals surface area contributed by atoms with E-state index in [1.807, 2.05) is 11.0 Å². The second-order valence-electron chi connectivity index (χ2n) is 9.71. The number of hydrogen-bond acceptors (Lipinski definition) is 6. The van der Waals surface area contributed by atoms with Crippen molar-refractivity contribution in [2.24, 2.45) is 22.6 Å². The Kier molecular flexibility index (Phi) is 6.06. The van der Waals surface area contributed by atoms with Crippen molar-refractivity contribution in [2.75, 3.05) is 26.7 Å². The highest BCUT2D eigenvalue weighted by Gasteiger charge is 2.56. The summed E-state index contributed by atoms with van der Waals surface area (Å²) >= 11 is 0. The molecule has 7 nitrogen and oxygen atoms in total. The Balaban J connectivity index is 1.47. The van der Waals surface area contributed by atoms with Crippen molar-refractivity contribution in [1.82, 2.24) is 19.8 Å². The zero-order chi connectivity index (χ0) is 23.9. The monoisotopic (exact) mass is 468 g/mol. The van der Waals surface area contributed by atoms with Crippen LogP contribution in [0.15, 0.2) is 41.9 Å². The summed E-state index contributed by atoms with van der Waals surface area (Å²) in [7, 11) is 1.68. The number of guanidine groups is 1. The van der Waals surface area contributed by atoms with Gasteiger partial charge in [-0.1, -0.05) is 12.1 Å². The molecule has 0 unspecified atom stereocenters. The number of piperidine rings is 1. The van der Waals surface area contributed by atoms with Gasteiger partial charge in [-0.15, -0.1) is 0 Å². The topological polar surface area (TPSA) is 87.7 Å². The number of benzene rings is 1. The van der Waals surface area contributed by atoms with Gasteiger partial charge in [0.1, 0.15) is 6.33 Å². The molecule has 34 heavy (non-hydrogen) atoms. The van der Waals surface area contributed by atoms with Crippen molar-refractivity contribution >= 4 is 11.9 Å². The molecule has 1 saturated heterocycles. The lowest BCUT2D eigenvalue weighted by molar-refractivity contribution is -0.133. The number of nitrogens with zero attached hydrogens (tertiary/aromatic N) is 5. The average Bonchev–Trinajstić information content (AvgIpc) is 3.07. The molecule has 1 spiro atoms. The first-order valence-electron chi connectivity index (χ1n) is 11.9. The van der Waals surface area contributed by atoms with Crippen LogP contribution >= 0.6 is 0 Å². The number of aromatic nitrogens is 2. The summed E-state index contributed by atoms with van der Waals surface area (Å²) in [4.78, 5) is 30.2. The Morgan fingerprint density at radius 3 is 2.53 bits per heavy atom. The van der Waals surface area contributed by atoms with Crippen LogP contribution in [0, 0.1) is 11.8 Å². The molecule has 0 bridgehead atoms. The molecule has 2 N–H and O–H groups in total. The number of amides is 1. The summed E-state index contributed by atoms with van der Waals surface area (Å²) in [5.74, 6) is 0.527. The molecule has 1 aromatic heterocycles. The summed E-state index contributed by atoms with van der Waals surface area (Å²) in [6.45, 7) is 1.18. The van der Waals surface area contributed by atoms with Gasteiger partial charge in [0.15, 0.2) is 11.5 Å². The maximum Gasteiger partial charge on any atom is 0.261 e. The highest BCUT2D eigenvalue weighted by molar-refractivity contribution is 6.07. The lowest BCUT2D eigenvalue weighted by Gasteiger charge is -2.42. The minimum Gasteiger partial charge on any atom is -0.369 e. The number of likely N-dealkylation sites (N-methyl/N-ethyl adjacent to an activating group) is 1. The highest BCUT2D eigenvalue weighted by atomic mass is 19.3. The van der Waals surface area contributed by atoms with Crippen molar-refractivity contribution in [3.63, 3.8) is 0 Å². The minimum atomic E-state index is -2.30. The third-order valence-corrected chi connectivity index (χ3v) is 7.75.